The van der Waals surface area contributed by atoms with Crippen LogP contribution >= 0.6 is 11.3 Å². The molecule has 136 valence electrons. The zero-order chi connectivity index (χ0) is 18.2. The summed E-state index contributed by atoms with van der Waals surface area (Å²) in [5.74, 6) is 0.134. The van der Waals surface area contributed by atoms with Crippen molar-refractivity contribution in [3.63, 3.8) is 0 Å². The number of aliphatic imine (C=N–C) groups is 1. The van der Waals surface area contributed by atoms with Crippen LogP contribution in [-0.4, -0.2) is 43.2 Å². The highest BCUT2D eigenvalue weighted by atomic mass is 32.1. The lowest BCUT2D eigenvalue weighted by Crippen LogP contribution is -2.39. The van der Waals surface area contributed by atoms with Gasteiger partial charge in [-0.3, -0.25) is 0 Å². The Kier molecular flexibility index (Phi) is 7.15. The highest BCUT2D eigenvalue weighted by molar-refractivity contribution is 7.13. The van der Waals surface area contributed by atoms with Gasteiger partial charge in [0.15, 0.2) is 11.1 Å². The zero-order valence-electron chi connectivity index (χ0n) is 14.7. The van der Waals surface area contributed by atoms with Crippen LogP contribution in [0.1, 0.15) is 24.3 Å². The molecule has 0 amide bonds. The molecule has 8 heteroatoms. The molecule has 2 aromatic rings. The molecule has 0 saturated heterocycles. The maximum absolute atomic E-state index is 13.7. The molecule has 0 radical (unpaired) electrons. The Morgan fingerprint density at radius 2 is 2.12 bits per heavy atom. The number of aliphatic hydroxyl groups is 1. The highest BCUT2D eigenvalue weighted by Gasteiger charge is 2.12. The van der Waals surface area contributed by atoms with Crippen molar-refractivity contribution in [3.05, 3.63) is 46.7 Å². The lowest BCUT2D eigenvalue weighted by molar-refractivity contribution is 0.176. The van der Waals surface area contributed by atoms with Crippen LogP contribution in [0, 0.1) is 5.82 Å². The number of anilines is 1. The van der Waals surface area contributed by atoms with E-state index in [1.165, 1.54) is 6.07 Å². The highest BCUT2D eigenvalue weighted by Crippen LogP contribution is 2.18. The molecule has 1 heterocycles. The number of rotatable bonds is 7. The molecule has 0 fully saturated rings. The van der Waals surface area contributed by atoms with E-state index in [-0.39, 0.29) is 12.1 Å². The SMILES string of the molecule is CCNC(=NCc1csc(N(C)C)n1)NCC(O)c1ccccc1F. The van der Waals surface area contributed by atoms with Crippen molar-refractivity contribution in [3.8, 4) is 0 Å². The molecule has 0 aliphatic carbocycles. The van der Waals surface area contributed by atoms with E-state index in [0.717, 1.165) is 10.8 Å². The summed E-state index contributed by atoms with van der Waals surface area (Å²) in [6.07, 6.45) is -0.954. The van der Waals surface area contributed by atoms with Crippen molar-refractivity contribution in [1.82, 2.24) is 15.6 Å². The minimum atomic E-state index is -0.954. The van der Waals surface area contributed by atoms with Gasteiger partial charge in [-0.05, 0) is 13.0 Å². The Balaban J connectivity index is 1.96. The van der Waals surface area contributed by atoms with E-state index in [1.807, 2.05) is 31.3 Å². The molecule has 25 heavy (non-hydrogen) atoms. The number of aliphatic hydroxyl groups excluding tert-OH is 1. The molecule has 6 nitrogen and oxygen atoms in total. The van der Waals surface area contributed by atoms with E-state index in [0.29, 0.717) is 19.0 Å². The Morgan fingerprint density at radius 1 is 1.36 bits per heavy atom. The number of guanidine groups is 1. The first-order chi connectivity index (χ1) is 12.0. The van der Waals surface area contributed by atoms with Gasteiger partial charge in [0.25, 0.3) is 0 Å². The summed E-state index contributed by atoms with van der Waals surface area (Å²) in [5, 5.41) is 19.2. The first-order valence-corrected chi connectivity index (χ1v) is 8.95. The summed E-state index contributed by atoms with van der Waals surface area (Å²) in [6, 6.07) is 6.21. The quantitative estimate of drug-likeness (QED) is 0.518. The van der Waals surface area contributed by atoms with Gasteiger partial charge >= 0.3 is 0 Å². The molecule has 0 aliphatic heterocycles. The molecule has 0 saturated carbocycles. The van der Waals surface area contributed by atoms with E-state index in [9.17, 15) is 9.50 Å². The summed E-state index contributed by atoms with van der Waals surface area (Å²) < 4.78 is 13.7. The van der Waals surface area contributed by atoms with Crippen LogP contribution in [0.2, 0.25) is 0 Å². The van der Waals surface area contributed by atoms with Crippen LogP contribution in [0.15, 0.2) is 34.6 Å². The maximum Gasteiger partial charge on any atom is 0.191 e. The van der Waals surface area contributed by atoms with Gasteiger partial charge in [0.1, 0.15) is 5.82 Å². The summed E-state index contributed by atoms with van der Waals surface area (Å²) >= 11 is 1.56. The summed E-state index contributed by atoms with van der Waals surface area (Å²) in [7, 11) is 3.89. The van der Waals surface area contributed by atoms with E-state index in [2.05, 4.69) is 20.6 Å². The van der Waals surface area contributed by atoms with Crippen molar-refractivity contribution in [1.29, 1.82) is 0 Å². The minimum Gasteiger partial charge on any atom is -0.386 e. The Bertz CT molecular complexity index is 704. The van der Waals surface area contributed by atoms with Crippen LogP contribution < -0.4 is 15.5 Å². The molecule has 0 spiro atoms. The monoisotopic (exact) mass is 365 g/mol. The van der Waals surface area contributed by atoms with Gasteiger partial charge in [-0.2, -0.15) is 0 Å². The third-order valence-corrected chi connectivity index (χ3v) is 4.45. The predicted octanol–water partition coefficient (Wildman–Crippen LogP) is 2.14. The van der Waals surface area contributed by atoms with Crippen LogP contribution in [0.4, 0.5) is 9.52 Å². The Hall–Kier alpha value is -2.19. The first-order valence-electron chi connectivity index (χ1n) is 8.07. The fraction of sp³-hybridized carbons (Fsp3) is 0.412. The van der Waals surface area contributed by atoms with E-state index in [4.69, 9.17) is 0 Å². The van der Waals surface area contributed by atoms with Crippen LogP contribution in [0.5, 0.6) is 0 Å². The molecule has 1 aromatic carbocycles. The minimum absolute atomic E-state index is 0.160. The van der Waals surface area contributed by atoms with Gasteiger partial charge in [0.2, 0.25) is 0 Å². The Morgan fingerprint density at radius 3 is 2.76 bits per heavy atom. The van der Waals surface area contributed by atoms with Crippen molar-refractivity contribution < 1.29 is 9.50 Å². The summed E-state index contributed by atoms with van der Waals surface area (Å²) in [6.45, 7) is 3.22. The molecule has 1 aromatic heterocycles. The summed E-state index contributed by atoms with van der Waals surface area (Å²) in [5.41, 5.74) is 1.14. The smallest absolute Gasteiger partial charge is 0.191 e. The van der Waals surface area contributed by atoms with Crippen molar-refractivity contribution >= 4 is 22.4 Å². The van der Waals surface area contributed by atoms with Crippen molar-refractivity contribution in [2.75, 3.05) is 32.1 Å². The second-order valence-electron chi connectivity index (χ2n) is 5.63. The fourth-order valence-corrected chi connectivity index (χ4v) is 2.87. The van der Waals surface area contributed by atoms with Gasteiger partial charge < -0.3 is 20.6 Å². The van der Waals surface area contributed by atoms with E-state index < -0.39 is 11.9 Å². The standard InChI is InChI=1S/C17H24FN5OS/c1-4-19-16(20-9-12-11-25-17(22-12)23(2)3)21-10-15(24)13-7-5-6-8-14(13)18/h5-8,11,15,24H,4,9-10H2,1-3H3,(H2,19,20,21). The number of aromatic nitrogens is 1. The lowest BCUT2D eigenvalue weighted by atomic mass is 10.1. The summed E-state index contributed by atoms with van der Waals surface area (Å²) in [4.78, 5) is 10.9. The van der Waals surface area contributed by atoms with Gasteiger partial charge in [-0.25, -0.2) is 14.4 Å². The molecule has 1 atom stereocenters. The number of hydrogen-bond donors (Lipinski definition) is 3. The predicted molar refractivity (Wildman–Crippen MR) is 101 cm³/mol. The van der Waals surface area contributed by atoms with Gasteiger partial charge in [0, 0.05) is 38.1 Å². The average Bonchev–Trinajstić information content (AvgIpc) is 3.07. The maximum atomic E-state index is 13.7. The topological polar surface area (TPSA) is 72.8 Å². The molecule has 2 rings (SSSR count). The lowest BCUT2D eigenvalue weighted by Gasteiger charge is -2.15. The first kappa shape index (κ1) is 19.1. The number of benzene rings is 1. The van der Waals surface area contributed by atoms with Crippen LogP contribution in [0.3, 0.4) is 0 Å². The second kappa shape index (κ2) is 9.33. The third-order valence-electron chi connectivity index (χ3n) is 3.39. The van der Waals surface area contributed by atoms with Crippen molar-refractivity contribution in [2.24, 2.45) is 4.99 Å². The van der Waals surface area contributed by atoms with E-state index >= 15 is 0 Å². The molecular weight excluding hydrogens is 341 g/mol. The molecule has 0 aliphatic rings. The zero-order valence-corrected chi connectivity index (χ0v) is 15.5. The van der Waals surface area contributed by atoms with Crippen LogP contribution in [0.25, 0.3) is 0 Å². The average molecular weight is 365 g/mol. The number of nitrogens with zero attached hydrogens (tertiary/aromatic N) is 3. The van der Waals surface area contributed by atoms with Crippen LogP contribution in [-0.2, 0) is 6.54 Å². The number of hydrogen-bond acceptors (Lipinski definition) is 5. The number of halogens is 1. The molecular formula is C17H24FN5OS. The van der Waals surface area contributed by atoms with Crippen molar-refractivity contribution in [2.45, 2.75) is 19.6 Å². The van der Waals surface area contributed by atoms with Gasteiger partial charge in [0.05, 0.1) is 18.3 Å². The molecule has 0 bridgehead atoms. The second-order valence-corrected chi connectivity index (χ2v) is 6.47. The molecule has 1 unspecified atom stereocenters. The number of nitrogens with one attached hydrogen (secondary N) is 2. The normalized spacial score (nSPS) is 12.8. The largest absolute Gasteiger partial charge is 0.386 e. The fourth-order valence-electron chi connectivity index (χ4n) is 2.12. The van der Waals surface area contributed by atoms with Gasteiger partial charge in [-0.15, -0.1) is 11.3 Å². The van der Waals surface area contributed by atoms with Gasteiger partial charge in [-0.1, -0.05) is 18.2 Å². The molecule has 3 N–H and O–H groups in total. The Labute approximate surface area is 151 Å². The number of thiazole rings is 1. The van der Waals surface area contributed by atoms with E-state index in [1.54, 1.807) is 29.5 Å². The third kappa shape index (κ3) is 5.68.